The zero-order valence-electron chi connectivity index (χ0n) is 11.1. The zero-order valence-corrected chi connectivity index (χ0v) is 11.9. The largest absolute Gasteiger partial charge is 0.392 e. The molecule has 2 rings (SSSR count). The van der Waals surface area contributed by atoms with Crippen LogP contribution in [0, 0.1) is 5.92 Å². The van der Waals surface area contributed by atoms with Crippen molar-refractivity contribution < 1.29 is 5.11 Å². The SMILES string of the molecule is CSC1(CNCC(O)CC2CCCC2)CCC1. The number of rotatable bonds is 7. The lowest BCUT2D eigenvalue weighted by atomic mass is 9.84. The molecule has 0 radical (unpaired) electrons. The third kappa shape index (κ3) is 3.87. The van der Waals surface area contributed by atoms with Gasteiger partial charge in [-0.25, -0.2) is 0 Å². The molecule has 2 N–H and O–H groups in total. The standard InChI is InChI=1S/C14H27NOS/c1-17-14(7-4-8-14)11-15-10-13(16)9-12-5-2-3-6-12/h12-13,15-16H,2-11H2,1H3. The highest BCUT2D eigenvalue weighted by molar-refractivity contribution is 8.00. The zero-order chi connectivity index (χ0) is 12.1. The fourth-order valence-corrected chi connectivity index (χ4v) is 4.15. The van der Waals surface area contributed by atoms with Gasteiger partial charge >= 0.3 is 0 Å². The smallest absolute Gasteiger partial charge is 0.0667 e. The first-order valence-electron chi connectivity index (χ1n) is 7.18. The molecule has 2 aliphatic carbocycles. The van der Waals surface area contributed by atoms with Crippen molar-refractivity contribution in [1.82, 2.24) is 5.32 Å². The van der Waals surface area contributed by atoms with Crippen molar-refractivity contribution in [3.63, 3.8) is 0 Å². The maximum Gasteiger partial charge on any atom is 0.0667 e. The summed E-state index contributed by atoms with van der Waals surface area (Å²) in [5.74, 6) is 0.796. The van der Waals surface area contributed by atoms with Crippen molar-refractivity contribution in [2.75, 3.05) is 19.3 Å². The molecule has 0 saturated heterocycles. The Balaban J connectivity index is 1.57. The van der Waals surface area contributed by atoms with Gasteiger partial charge in [-0.3, -0.25) is 0 Å². The van der Waals surface area contributed by atoms with Crippen molar-refractivity contribution in [2.24, 2.45) is 5.92 Å². The van der Waals surface area contributed by atoms with Gasteiger partial charge in [-0.1, -0.05) is 32.1 Å². The van der Waals surface area contributed by atoms with Gasteiger partial charge in [0.05, 0.1) is 6.10 Å². The first-order valence-corrected chi connectivity index (χ1v) is 8.40. The molecule has 2 nitrogen and oxygen atoms in total. The molecular formula is C14H27NOS. The Morgan fingerprint density at radius 2 is 2.00 bits per heavy atom. The third-order valence-corrected chi connectivity index (χ3v) is 6.02. The number of aliphatic hydroxyl groups is 1. The fraction of sp³-hybridized carbons (Fsp3) is 1.00. The molecule has 2 fully saturated rings. The van der Waals surface area contributed by atoms with Crippen molar-refractivity contribution >= 4 is 11.8 Å². The summed E-state index contributed by atoms with van der Waals surface area (Å²) in [5.41, 5.74) is 0. The van der Waals surface area contributed by atoms with Crippen LogP contribution in [-0.4, -0.2) is 35.3 Å². The van der Waals surface area contributed by atoms with Gasteiger partial charge < -0.3 is 10.4 Å². The molecule has 17 heavy (non-hydrogen) atoms. The molecule has 0 aromatic rings. The summed E-state index contributed by atoms with van der Waals surface area (Å²) < 4.78 is 0.493. The normalized spacial score (nSPS) is 25.8. The van der Waals surface area contributed by atoms with E-state index < -0.39 is 0 Å². The first kappa shape index (κ1) is 13.7. The van der Waals surface area contributed by atoms with E-state index in [0.717, 1.165) is 25.4 Å². The maximum atomic E-state index is 10.0. The van der Waals surface area contributed by atoms with E-state index in [1.807, 2.05) is 11.8 Å². The summed E-state index contributed by atoms with van der Waals surface area (Å²) >= 11 is 2.00. The molecule has 1 unspecified atom stereocenters. The maximum absolute atomic E-state index is 10.0. The predicted octanol–water partition coefficient (Wildman–Crippen LogP) is 2.80. The number of nitrogens with one attached hydrogen (secondary N) is 1. The van der Waals surface area contributed by atoms with E-state index >= 15 is 0 Å². The molecule has 0 heterocycles. The van der Waals surface area contributed by atoms with E-state index in [2.05, 4.69) is 11.6 Å². The van der Waals surface area contributed by atoms with Gasteiger partial charge in [-0.2, -0.15) is 11.8 Å². The van der Waals surface area contributed by atoms with Crippen LogP contribution in [0.3, 0.4) is 0 Å². The van der Waals surface area contributed by atoms with Crippen LogP contribution < -0.4 is 5.32 Å². The van der Waals surface area contributed by atoms with Crippen molar-refractivity contribution in [3.8, 4) is 0 Å². The van der Waals surface area contributed by atoms with Gasteiger partial charge in [0.1, 0.15) is 0 Å². The van der Waals surface area contributed by atoms with Crippen LogP contribution in [0.2, 0.25) is 0 Å². The topological polar surface area (TPSA) is 32.3 Å². The Labute approximate surface area is 110 Å². The second-order valence-electron chi connectivity index (χ2n) is 5.91. The van der Waals surface area contributed by atoms with Crippen LogP contribution in [0.25, 0.3) is 0 Å². The summed E-state index contributed by atoms with van der Waals surface area (Å²) in [6, 6.07) is 0. The Hall–Kier alpha value is 0.270. The van der Waals surface area contributed by atoms with Gasteiger partial charge in [-0.05, 0) is 31.4 Å². The molecule has 3 heteroatoms. The van der Waals surface area contributed by atoms with Crippen molar-refractivity contribution in [2.45, 2.75) is 62.2 Å². The summed E-state index contributed by atoms with van der Waals surface area (Å²) in [7, 11) is 0. The highest BCUT2D eigenvalue weighted by atomic mass is 32.2. The molecule has 100 valence electrons. The molecule has 0 aromatic carbocycles. The van der Waals surface area contributed by atoms with Gasteiger partial charge in [0, 0.05) is 17.8 Å². The van der Waals surface area contributed by atoms with Gasteiger partial charge in [-0.15, -0.1) is 0 Å². The lowest BCUT2D eigenvalue weighted by molar-refractivity contribution is 0.138. The Morgan fingerprint density at radius 3 is 2.53 bits per heavy atom. The predicted molar refractivity (Wildman–Crippen MR) is 75.5 cm³/mol. The molecule has 2 saturated carbocycles. The second kappa shape index (κ2) is 6.44. The number of aliphatic hydroxyl groups excluding tert-OH is 1. The van der Waals surface area contributed by atoms with Crippen LogP contribution in [0.15, 0.2) is 0 Å². The highest BCUT2D eigenvalue weighted by Gasteiger charge is 2.35. The second-order valence-corrected chi connectivity index (χ2v) is 7.19. The van der Waals surface area contributed by atoms with E-state index in [1.165, 1.54) is 44.9 Å². The van der Waals surface area contributed by atoms with Gasteiger partial charge in [0.2, 0.25) is 0 Å². The van der Waals surface area contributed by atoms with E-state index in [9.17, 15) is 5.11 Å². The first-order chi connectivity index (χ1) is 8.24. The van der Waals surface area contributed by atoms with Crippen molar-refractivity contribution in [3.05, 3.63) is 0 Å². The van der Waals surface area contributed by atoms with E-state index in [4.69, 9.17) is 0 Å². The summed E-state index contributed by atoms with van der Waals surface area (Å²) in [6.45, 7) is 1.87. The highest BCUT2D eigenvalue weighted by Crippen LogP contribution is 2.42. The van der Waals surface area contributed by atoms with Crippen LogP contribution in [-0.2, 0) is 0 Å². The molecule has 0 aliphatic heterocycles. The molecule has 0 amide bonds. The van der Waals surface area contributed by atoms with E-state index in [-0.39, 0.29) is 6.10 Å². The molecular weight excluding hydrogens is 230 g/mol. The minimum Gasteiger partial charge on any atom is -0.392 e. The number of hydrogen-bond donors (Lipinski definition) is 2. The molecule has 1 atom stereocenters. The molecule has 0 spiro atoms. The monoisotopic (exact) mass is 257 g/mol. The lowest BCUT2D eigenvalue weighted by Crippen LogP contribution is -2.45. The van der Waals surface area contributed by atoms with Gasteiger partial charge in [0.25, 0.3) is 0 Å². The quantitative estimate of drug-likeness (QED) is 0.735. The molecule has 0 aromatic heterocycles. The van der Waals surface area contributed by atoms with Crippen LogP contribution in [0.1, 0.15) is 51.4 Å². The Kier molecular flexibility index (Phi) is 5.19. The van der Waals surface area contributed by atoms with E-state index in [0.29, 0.717) is 4.75 Å². The van der Waals surface area contributed by atoms with Gasteiger partial charge in [0.15, 0.2) is 0 Å². The Morgan fingerprint density at radius 1 is 1.29 bits per heavy atom. The molecule has 0 bridgehead atoms. The lowest BCUT2D eigenvalue weighted by Gasteiger charge is -2.40. The summed E-state index contributed by atoms with van der Waals surface area (Å²) in [6.07, 6.45) is 12.6. The summed E-state index contributed by atoms with van der Waals surface area (Å²) in [4.78, 5) is 0. The average molecular weight is 257 g/mol. The summed E-state index contributed by atoms with van der Waals surface area (Å²) in [5, 5.41) is 13.5. The van der Waals surface area contributed by atoms with Crippen LogP contribution in [0.5, 0.6) is 0 Å². The number of hydrogen-bond acceptors (Lipinski definition) is 3. The van der Waals surface area contributed by atoms with Crippen LogP contribution >= 0.6 is 11.8 Å². The third-order valence-electron chi connectivity index (χ3n) is 4.61. The fourth-order valence-electron chi connectivity index (χ4n) is 3.20. The number of thioether (sulfide) groups is 1. The molecule has 2 aliphatic rings. The average Bonchev–Trinajstić information content (AvgIpc) is 2.75. The Bertz CT molecular complexity index is 219. The minimum absolute atomic E-state index is 0.128. The van der Waals surface area contributed by atoms with Crippen molar-refractivity contribution in [1.29, 1.82) is 0 Å². The van der Waals surface area contributed by atoms with E-state index in [1.54, 1.807) is 0 Å². The van der Waals surface area contributed by atoms with Crippen LogP contribution in [0.4, 0.5) is 0 Å². The minimum atomic E-state index is -0.128.